The average Bonchev–Trinajstić information content (AvgIpc) is 3.21. The minimum absolute atomic E-state index is 0.0479. The standard InChI is InChI=1S/C19H20N6O2/c1-12-22-16(9-17(26)23-12)13-5-4-8-25(10-13)19(27)15-7-3-2-6-14(15)18-20-11-21-24-18/h2-3,6-7,9,11,13H,4-5,8,10H2,1H3,(H,20,21,24)(H,22,23,26). The van der Waals surface area contributed by atoms with Crippen LogP contribution < -0.4 is 5.56 Å². The van der Waals surface area contributed by atoms with Gasteiger partial charge in [0.05, 0.1) is 11.3 Å². The van der Waals surface area contributed by atoms with E-state index in [-0.39, 0.29) is 17.4 Å². The summed E-state index contributed by atoms with van der Waals surface area (Å²) in [5, 5.41) is 6.70. The predicted molar refractivity (Wildman–Crippen MR) is 99.3 cm³/mol. The number of likely N-dealkylation sites (tertiary alicyclic amines) is 1. The maximum absolute atomic E-state index is 13.2. The van der Waals surface area contributed by atoms with Crippen LogP contribution in [0.1, 0.15) is 40.6 Å². The molecule has 0 aliphatic carbocycles. The van der Waals surface area contributed by atoms with Gasteiger partial charge in [0.15, 0.2) is 5.82 Å². The summed E-state index contributed by atoms with van der Waals surface area (Å²) in [6.07, 6.45) is 3.20. The summed E-state index contributed by atoms with van der Waals surface area (Å²) in [5.74, 6) is 1.17. The Hall–Kier alpha value is -3.29. The van der Waals surface area contributed by atoms with Gasteiger partial charge in [-0.3, -0.25) is 14.7 Å². The fourth-order valence-electron chi connectivity index (χ4n) is 3.60. The summed E-state index contributed by atoms with van der Waals surface area (Å²) < 4.78 is 0. The lowest BCUT2D eigenvalue weighted by Crippen LogP contribution is -2.39. The second-order valence-corrected chi connectivity index (χ2v) is 6.73. The Bertz CT molecular complexity index is 1010. The largest absolute Gasteiger partial charge is 0.338 e. The zero-order valence-electron chi connectivity index (χ0n) is 15.0. The lowest BCUT2D eigenvalue weighted by Gasteiger charge is -2.33. The number of aromatic amines is 2. The Balaban J connectivity index is 1.61. The fourth-order valence-corrected chi connectivity index (χ4v) is 3.60. The van der Waals surface area contributed by atoms with E-state index in [4.69, 9.17) is 0 Å². The average molecular weight is 364 g/mol. The Morgan fingerprint density at radius 1 is 1.30 bits per heavy atom. The monoisotopic (exact) mass is 364 g/mol. The van der Waals surface area contributed by atoms with E-state index in [2.05, 4.69) is 25.1 Å². The predicted octanol–water partition coefficient (Wildman–Crippen LogP) is 1.88. The van der Waals surface area contributed by atoms with Gasteiger partial charge in [0, 0.05) is 30.6 Å². The molecule has 1 aliphatic rings. The van der Waals surface area contributed by atoms with E-state index in [1.165, 1.54) is 12.4 Å². The molecule has 0 saturated carbocycles. The summed E-state index contributed by atoms with van der Waals surface area (Å²) in [5.41, 5.74) is 1.91. The number of nitrogens with one attached hydrogen (secondary N) is 2. The molecule has 138 valence electrons. The molecule has 1 aliphatic heterocycles. The molecule has 1 atom stereocenters. The second kappa shape index (κ2) is 7.14. The molecule has 1 saturated heterocycles. The van der Waals surface area contributed by atoms with Crippen LogP contribution in [0.3, 0.4) is 0 Å². The molecule has 0 bridgehead atoms. The molecule has 3 aromatic rings. The number of carbonyl (C=O) groups is 1. The van der Waals surface area contributed by atoms with Crippen LogP contribution in [0, 0.1) is 6.92 Å². The number of hydrogen-bond donors (Lipinski definition) is 2. The minimum Gasteiger partial charge on any atom is -0.338 e. The molecular formula is C19H20N6O2. The van der Waals surface area contributed by atoms with E-state index in [0.717, 1.165) is 24.1 Å². The molecule has 1 fully saturated rings. The van der Waals surface area contributed by atoms with Gasteiger partial charge in [-0.1, -0.05) is 18.2 Å². The van der Waals surface area contributed by atoms with Gasteiger partial charge in [0.2, 0.25) is 0 Å². The van der Waals surface area contributed by atoms with Gasteiger partial charge in [0.1, 0.15) is 12.2 Å². The number of nitrogens with zero attached hydrogens (tertiary/aromatic N) is 4. The van der Waals surface area contributed by atoms with Crippen LogP contribution in [0.5, 0.6) is 0 Å². The van der Waals surface area contributed by atoms with Crippen molar-refractivity contribution in [2.45, 2.75) is 25.7 Å². The van der Waals surface area contributed by atoms with Crippen LogP contribution in [0.2, 0.25) is 0 Å². The molecule has 4 rings (SSSR count). The van der Waals surface area contributed by atoms with Crippen LogP contribution in [-0.2, 0) is 0 Å². The number of amides is 1. The van der Waals surface area contributed by atoms with Crippen molar-refractivity contribution >= 4 is 5.91 Å². The molecular weight excluding hydrogens is 344 g/mol. The first-order chi connectivity index (χ1) is 13.1. The zero-order chi connectivity index (χ0) is 18.8. The maximum Gasteiger partial charge on any atom is 0.254 e. The molecule has 8 nitrogen and oxygen atoms in total. The third kappa shape index (κ3) is 3.51. The van der Waals surface area contributed by atoms with Gasteiger partial charge >= 0.3 is 0 Å². The molecule has 27 heavy (non-hydrogen) atoms. The first kappa shape index (κ1) is 17.1. The van der Waals surface area contributed by atoms with Crippen molar-refractivity contribution in [2.75, 3.05) is 13.1 Å². The summed E-state index contributed by atoms with van der Waals surface area (Å²) in [4.78, 5) is 38.1. The first-order valence-corrected chi connectivity index (χ1v) is 8.94. The number of hydrogen-bond acceptors (Lipinski definition) is 5. The SMILES string of the molecule is Cc1nc(C2CCCN(C(=O)c3ccccc3-c3ncn[nH]3)C2)cc(=O)[nH]1. The van der Waals surface area contributed by atoms with Gasteiger partial charge in [-0.25, -0.2) is 9.97 Å². The van der Waals surface area contributed by atoms with E-state index < -0.39 is 0 Å². The highest BCUT2D eigenvalue weighted by Crippen LogP contribution is 2.28. The normalized spacial score (nSPS) is 17.1. The highest BCUT2D eigenvalue weighted by Gasteiger charge is 2.28. The van der Waals surface area contributed by atoms with Crippen molar-refractivity contribution in [3.05, 3.63) is 64.1 Å². The summed E-state index contributed by atoms with van der Waals surface area (Å²) in [6, 6.07) is 8.91. The molecule has 8 heteroatoms. The second-order valence-electron chi connectivity index (χ2n) is 6.73. The van der Waals surface area contributed by atoms with E-state index >= 15 is 0 Å². The van der Waals surface area contributed by atoms with Gasteiger partial charge < -0.3 is 9.88 Å². The molecule has 3 heterocycles. The number of carbonyl (C=O) groups excluding carboxylic acids is 1. The lowest BCUT2D eigenvalue weighted by atomic mass is 9.93. The smallest absolute Gasteiger partial charge is 0.254 e. The molecule has 2 aromatic heterocycles. The highest BCUT2D eigenvalue weighted by atomic mass is 16.2. The number of rotatable bonds is 3. The van der Waals surface area contributed by atoms with Crippen molar-refractivity contribution in [2.24, 2.45) is 0 Å². The summed E-state index contributed by atoms with van der Waals surface area (Å²) in [6.45, 7) is 2.99. The molecule has 1 aromatic carbocycles. The molecule has 1 amide bonds. The number of aromatic nitrogens is 5. The molecule has 0 radical (unpaired) electrons. The van der Waals surface area contributed by atoms with Crippen LogP contribution >= 0.6 is 0 Å². The summed E-state index contributed by atoms with van der Waals surface area (Å²) in [7, 11) is 0. The van der Waals surface area contributed by atoms with E-state index in [1.807, 2.05) is 23.1 Å². The Morgan fingerprint density at radius 3 is 2.93 bits per heavy atom. The third-order valence-corrected chi connectivity index (χ3v) is 4.83. The minimum atomic E-state index is -0.156. The molecule has 0 spiro atoms. The van der Waals surface area contributed by atoms with Gasteiger partial charge in [-0.05, 0) is 25.8 Å². The number of aryl methyl sites for hydroxylation is 1. The van der Waals surface area contributed by atoms with Crippen molar-refractivity contribution in [3.8, 4) is 11.4 Å². The van der Waals surface area contributed by atoms with E-state index in [0.29, 0.717) is 30.3 Å². The van der Waals surface area contributed by atoms with Crippen LogP contribution in [0.4, 0.5) is 0 Å². The van der Waals surface area contributed by atoms with E-state index in [9.17, 15) is 9.59 Å². The van der Waals surface area contributed by atoms with Gasteiger partial charge in [-0.15, -0.1) is 0 Å². The topological polar surface area (TPSA) is 108 Å². The van der Waals surface area contributed by atoms with E-state index in [1.54, 1.807) is 13.0 Å². The Kier molecular flexibility index (Phi) is 4.53. The van der Waals surface area contributed by atoms with Crippen molar-refractivity contribution in [1.29, 1.82) is 0 Å². The lowest BCUT2D eigenvalue weighted by molar-refractivity contribution is 0.0706. The van der Waals surface area contributed by atoms with Crippen molar-refractivity contribution in [3.63, 3.8) is 0 Å². The Labute approximate surface area is 155 Å². The molecule has 1 unspecified atom stereocenters. The number of benzene rings is 1. The highest BCUT2D eigenvalue weighted by molar-refractivity contribution is 6.00. The number of piperidine rings is 1. The zero-order valence-corrected chi connectivity index (χ0v) is 15.0. The van der Waals surface area contributed by atoms with Crippen LogP contribution in [0.25, 0.3) is 11.4 Å². The van der Waals surface area contributed by atoms with Crippen molar-refractivity contribution in [1.82, 2.24) is 30.0 Å². The number of H-pyrrole nitrogens is 2. The quantitative estimate of drug-likeness (QED) is 0.738. The van der Waals surface area contributed by atoms with Crippen molar-refractivity contribution < 1.29 is 4.79 Å². The Morgan fingerprint density at radius 2 is 2.15 bits per heavy atom. The molecule has 2 N–H and O–H groups in total. The van der Waals surface area contributed by atoms with Gasteiger partial charge in [-0.2, -0.15) is 5.10 Å². The third-order valence-electron chi connectivity index (χ3n) is 4.83. The first-order valence-electron chi connectivity index (χ1n) is 8.94. The van der Waals surface area contributed by atoms with Crippen LogP contribution in [0.15, 0.2) is 41.5 Å². The van der Waals surface area contributed by atoms with Crippen LogP contribution in [-0.4, -0.2) is 49.0 Å². The maximum atomic E-state index is 13.2. The fraction of sp³-hybridized carbons (Fsp3) is 0.316. The summed E-state index contributed by atoms with van der Waals surface area (Å²) >= 11 is 0. The van der Waals surface area contributed by atoms with Gasteiger partial charge in [0.25, 0.3) is 11.5 Å².